The summed E-state index contributed by atoms with van der Waals surface area (Å²) in [4.78, 5) is 34.2. The highest BCUT2D eigenvalue weighted by Gasteiger charge is 2.75. The minimum Gasteiger partial charge on any atom is -0.508 e. The summed E-state index contributed by atoms with van der Waals surface area (Å²) in [5, 5.41) is 18.3. The van der Waals surface area contributed by atoms with E-state index in [9.17, 15) is 180 Å². The molecule has 54 heteroatoms. The number of benzene rings is 6. The van der Waals surface area contributed by atoms with E-state index in [2.05, 4.69) is 32.7 Å². The minimum absolute atomic E-state index is 0. The number of ether oxygens (including phenoxy) is 3. The van der Waals surface area contributed by atoms with Gasteiger partial charge in [0, 0.05) is 18.2 Å². The van der Waals surface area contributed by atoms with Crippen LogP contribution in [0.2, 0.25) is 0 Å². The Morgan fingerprint density at radius 1 is 0.333 bits per heavy atom. The molecule has 6 rings (SSSR count). The molecule has 20 nitrogen and oxygen atoms in total. The average molecular weight is 1980 g/mol. The first-order chi connectivity index (χ1) is 57.1. The van der Waals surface area contributed by atoms with Crippen molar-refractivity contribution in [1.82, 2.24) is 6.15 Å². The van der Waals surface area contributed by atoms with Crippen molar-refractivity contribution in [3.63, 3.8) is 0 Å². The zero-order chi connectivity index (χ0) is 101. The molecule has 0 aliphatic carbocycles. The topological polar surface area (TPSA) is 319 Å². The smallest absolute Gasteiger partial charge is 0.508 e. The quantitative estimate of drug-likeness (QED) is 0.0145. The standard InChI is InChI=1S/C29H30F6O4.C17H8F12O6S2.C15H10F6O2.C7H12O2.C5H4.C2F6O5S2.H3N/c1-25(2,3)38-23(36)17-11-19-7-13-21(14-8-19)27(28(30,31)32,29(33,34)35)22-15-9-20(10-16-22)12-18-24(37)39-26(4,5)6;18-14(19,20)13(15(21,22)23,9-1-5-11(6-2-9)34-36(30,31)16(24,25)26)10-3-7-12(8-4-10)35-37(32,33)17(27,28)29;16-14(17,18)13(15(19,20)21,9-1-5-11(22)6-2-9)10-3-7-12(23)8-4-10;1-5-6(8)9-7(2,3)4;1-3-5-4-2;3-1(4,5)14(9,10)13-15(11,12)2(6,7)8;/h7-18H,1-6H3;1-8H;1-8,22-23H;5H,1H2,2-4H3;1H,2H3;;1H3/b17-11-,18-12?;;;;;;. The van der Waals surface area contributed by atoms with Crippen molar-refractivity contribution in [3.8, 4) is 47.2 Å². The zero-order valence-electron chi connectivity index (χ0n) is 66.5. The number of phenols is 2. The van der Waals surface area contributed by atoms with Crippen LogP contribution in [0.25, 0.3) is 12.2 Å². The van der Waals surface area contributed by atoms with Crippen LogP contribution in [-0.2, 0) is 88.9 Å². The summed E-state index contributed by atoms with van der Waals surface area (Å²) in [6.45, 7) is 20.3. The van der Waals surface area contributed by atoms with E-state index in [0.717, 1.165) is 91.0 Å². The van der Waals surface area contributed by atoms with Crippen molar-refractivity contribution < 1.29 is 216 Å². The first-order valence-electron chi connectivity index (χ1n) is 33.4. The van der Waals surface area contributed by atoms with E-state index in [1.54, 1.807) is 48.5 Å². The summed E-state index contributed by atoms with van der Waals surface area (Å²) in [5.41, 5.74) is -47.3. The van der Waals surface area contributed by atoms with Crippen LogP contribution in [0.3, 0.4) is 0 Å². The van der Waals surface area contributed by atoms with Crippen LogP contribution in [0.4, 0.5) is 132 Å². The Labute approximate surface area is 713 Å². The Bertz CT molecular complexity index is 5100. The summed E-state index contributed by atoms with van der Waals surface area (Å²) in [6.07, 6.45) is -25.1. The van der Waals surface area contributed by atoms with Crippen molar-refractivity contribution >= 4 is 70.5 Å². The summed E-state index contributed by atoms with van der Waals surface area (Å²) in [5.74, 6) is 1.74. The third-order valence-corrected chi connectivity index (χ3v) is 19.1. The predicted molar refractivity (Wildman–Crippen MR) is 396 cm³/mol. The Morgan fingerprint density at radius 2 is 0.527 bits per heavy atom. The van der Waals surface area contributed by atoms with Gasteiger partial charge in [-0.2, -0.15) is 165 Å². The number of phenolic OH excluding ortho intramolecular Hbond substituents is 2. The highest BCUT2D eigenvalue weighted by Crippen LogP contribution is 2.60. The van der Waals surface area contributed by atoms with E-state index >= 15 is 0 Å². The Morgan fingerprint density at radius 3 is 0.682 bits per heavy atom. The van der Waals surface area contributed by atoms with Crippen LogP contribution < -0.4 is 14.5 Å². The first kappa shape index (κ1) is 118. The van der Waals surface area contributed by atoms with Crippen molar-refractivity contribution in [2.75, 3.05) is 0 Å². The Balaban J connectivity index is 0.00000167. The van der Waals surface area contributed by atoms with Gasteiger partial charge in [0.05, 0.1) is 0 Å². The molecule has 0 radical (unpaired) electrons. The van der Waals surface area contributed by atoms with Crippen molar-refractivity contribution in [2.45, 2.75) is 161 Å². The molecular weight excluding hydrogens is 1920 g/mol. The molecular formula is C75H67F30NO19S4. The largest absolute Gasteiger partial charge is 0.534 e. The molecule has 0 atom stereocenters. The lowest BCUT2D eigenvalue weighted by molar-refractivity contribution is -0.290. The maximum Gasteiger partial charge on any atom is 0.534 e. The van der Waals surface area contributed by atoms with Gasteiger partial charge in [-0.3, -0.25) is 0 Å². The normalized spacial score (nSPS) is 13.2. The van der Waals surface area contributed by atoms with Gasteiger partial charge in [-0.25, -0.2) is 14.4 Å². The number of terminal acetylenes is 1. The fourth-order valence-corrected chi connectivity index (χ4v) is 12.0. The second kappa shape index (κ2) is 42.6. The molecule has 720 valence electrons. The van der Waals surface area contributed by atoms with Crippen LogP contribution in [0.5, 0.6) is 23.0 Å². The molecule has 0 aliphatic rings. The van der Waals surface area contributed by atoms with Gasteiger partial charge >= 0.3 is 117 Å². The maximum atomic E-state index is 14.4. The molecule has 129 heavy (non-hydrogen) atoms. The monoisotopic (exact) mass is 1980 g/mol. The van der Waals surface area contributed by atoms with Crippen LogP contribution >= 0.6 is 0 Å². The second-order valence-corrected chi connectivity index (χ2v) is 33.8. The van der Waals surface area contributed by atoms with Gasteiger partial charge in [-0.1, -0.05) is 110 Å². The van der Waals surface area contributed by atoms with Crippen molar-refractivity contribution in [1.29, 1.82) is 0 Å². The van der Waals surface area contributed by atoms with E-state index in [1.807, 2.05) is 24.4 Å². The molecule has 6 aromatic rings. The molecule has 0 aromatic heterocycles. The van der Waals surface area contributed by atoms with Crippen molar-refractivity contribution in [2.24, 2.45) is 0 Å². The van der Waals surface area contributed by atoms with Gasteiger partial charge in [-0.05, 0) is 186 Å². The number of esters is 3. The SMILES string of the molecule is C#CC#CC.C=CC(=O)OC(C)(C)C.CC(C)(C)OC(=O)C=Cc1ccc(C(c2ccc(/C=C\C(=O)OC(C)(C)C)cc2)(C(F)(F)F)C(F)(F)F)cc1.N.O=S(=O)(OS(=O)(=O)C(F)(F)F)C(F)(F)F.O=S(=O)(Oc1ccc(C(c2ccc(OS(=O)(=O)C(F)(F)F)cc2)(C(F)(F)F)C(F)(F)F)cc1)C(F)(F)F.Oc1ccc(C(c2ccc(O)cc2)(C(F)(F)F)C(F)(F)F)cc1. The molecule has 0 heterocycles. The minimum atomic E-state index is -6.85. The molecule has 0 saturated heterocycles. The van der Waals surface area contributed by atoms with E-state index in [-0.39, 0.29) is 71.8 Å². The first-order valence-corrected chi connectivity index (χ1v) is 39.0. The molecule has 0 aliphatic heterocycles. The third-order valence-electron chi connectivity index (χ3n) is 14.5. The summed E-state index contributed by atoms with van der Waals surface area (Å²) in [7, 11) is -26.3. The molecule has 0 bridgehead atoms. The number of halogens is 30. The molecule has 0 saturated carbocycles. The fraction of sp³-hybridized carbons (Fsp3) is 0.347. The van der Waals surface area contributed by atoms with E-state index < -0.39 is 201 Å². The summed E-state index contributed by atoms with van der Waals surface area (Å²) >= 11 is 0. The Kier molecular flexibility index (Phi) is 39.0. The van der Waals surface area contributed by atoms with E-state index in [4.69, 9.17) is 30.8 Å². The highest BCUT2D eigenvalue weighted by molar-refractivity contribution is 8.00. The molecule has 0 fully saturated rings. The van der Waals surface area contributed by atoms with Crippen LogP contribution in [0.15, 0.2) is 170 Å². The van der Waals surface area contributed by atoms with Crippen molar-refractivity contribution in [3.05, 3.63) is 215 Å². The number of aromatic hydroxyl groups is 2. The van der Waals surface area contributed by atoms with Gasteiger partial charge in [-0.15, -0.1) is 10.1 Å². The number of hydrogen-bond donors (Lipinski definition) is 3. The molecule has 0 amide bonds. The third kappa shape index (κ3) is 31.9. The lowest BCUT2D eigenvalue weighted by Crippen LogP contribution is -2.54. The fourth-order valence-electron chi connectivity index (χ4n) is 9.54. The van der Waals surface area contributed by atoms with Crippen LogP contribution in [0.1, 0.15) is 114 Å². The predicted octanol–water partition coefficient (Wildman–Crippen LogP) is 20.9. The Hall–Kier alpha value is -11.1. The molecule has 6 aromatic carbocycles. The molecule has 5 N–H and O–H groups in total. The van der Waals surface area contributed by atoms with Gasteiger partial charge in [0.15, 0.2) is 0 Å². The van der Waals surface area contributed by atoms with Gasteiger partial charge in [0.1, 0.15) is 39.8 Å². The van der Waals surface area contributed by atoms with E-state index in [0.29, 0.717) is 24.3 Å². The van der Waals surface area contributed by atoms with Gasteiger partial charge in [0.2, 0.25) is 16.2 Å². The van der Waals surface area contributed by atoms with Gasteiger partial charge in [0.25, 0.3) is 0 Å². The summed E-state index contributed by atoms with van der Waals surface area (Å²) in [6, 6.07) is 12.5. The van der Waals surface area contributed by atoms with Crippen LogP contribution in [0, 0.1) is 24.2 Å². The molecule has 0 unspecified atom stereocenters. The number of carbonyl (C=O) groups excluding carboxylic acids is 3. The lowest BCUT2D eigenvalue weighted by Gasteiger charge is -2.38. The summed E-state index contributed by atoms with van der Waals surface area (Å²) < 4.78 is 503. The van der Waals surface area contributed by atoms with Crippen LogP contribution in [-0.4, -0.2) is 138 Å². The number of carbonyl (C=O) groups is 3. The van der Waals surface area contributed by atoms with Gasteiger partial charge < -0.3 is 38.9 Å². The maximum absolute atomic E-state index is 14.4. The zero-order valence-corrected chi connectivity index (χ0v) is 69.8. The number of alkyl halides is 30. The number of hydrogen-bond acceptors (Lipinski definition) is 20. The lowest BCUT2D eigenvalue weighted by atomic mass is 9.72. The number of rotatable bonds is 17. The van der Waals surface area contributed by atoms with E-state index in [1.165, 1.54) is 12.2 Å². The second-order valence-electron chi connectivity index (χ2n) is 27.4. The molecule has 0 spiro atoms. The average Bonchev–Trinajstić information content (AvgIpc) is 0.724. The highest BCUT2D eigenvalue weighted by atomic mass is 32.3.